The summed E-state index contributed by atoms with van der Waals surface area (Å²) in [7, 11) is 0. The van der Waals surface area contributed by atoms with Crippen molar-refractivity contribution in [1.82, 2.24) is 9.88 Å². The summed E-state index contributed by atoms with van der Waals surface area (Å²) in [6.07, 6.45) is 1.32. The van der Waals surface area contributed by atoms with Crippen LogP contribution in [0.15, 0.2) is 35.7 Å². The zero-order valence-corrected chi connectivity index (χ0v) is 14.3. The van der Waals surface area contributed by atoms with Crippen molar-refractivity contribution in [2.45, 2.75) is 25.7 Å². The maximum absolute atomic E-state index is 12.6. The number of carbonyl (C=O) groups is 1. The molecule has 2 atom stereocenters. The number of hydrogen-bond donors (Lipinski definition) is 1. The fourth-order valence-electron chi connectivity index (χ4n) is 3.25. The number of nitrogens with zero attached hydrogens (tertiary/aromatic N) is 2. The van der Waals surface area contributed by atoms with Crippen molar-refractivity contribution < 1.29 is 4.79 Å². The van der Waals surface area contributed by atoms with Gasteiger partial charge in [0.2, 0.25) is 5.91 Å². The molecule has 0 saturated carbocycles. The van der Waals surface area contributed by atoms with E-state index >= 15 is 0 Å². The van der Waals surface area contributed by atoms with Crippen LogP contribution >= 0.6 is 11.3 Å². The van der Waals surface area contributed by atoms with Gasteiger partial charge in [-0.1, -0.05) is 37.3 Å². The quantitative estimate of drug-likeness (QED) is 0.916. The topological polar surface area (TPSA) is 59.2 Å². The van der Waals surface area contributed by atoms with Crippen LogP contribution in [0.3, 0.4) is 0 Å². The van der Waals surface area contributed by atoms with Crippen LogP contribution in [0.5, 0.6) is 0 Å². The van der Waals surface area contributed by atoms with Crippen molar-refractivity contribution in [2.24, 2.45) is 11.7 Å². The molecule has 0 radical (unpaired) electrons. The summed E-state index contributed by atoms with van der Waals surface area (Å²) >= 11 is 1.63. The van der Waals surface area contributed by atoms with E-state index in [-0.39, 0.29) is 5.91 Å². The molecular formula is C18H23N3OS. The third kappa shape index (κ3) is 3.62. The molecule has 1 fully saturated rings. The number of nitrogens with two attached hydrogens (primary N) is 1. The summed E-state index contributed by atoms with van der Waals surface area (Å²) in [5, 5.41) is 3.10. The van der Waals surface area contributed by atoms with E-state index in [9.17, 15) is 4.79 Å². The molecule has 0 unspecified atom stereocenters. The Balaban J connectivity index is 1.68. The van der Waals surface area contributed by atoms with Gasteiger partial charge < -0.3 is 10.6 Å². The number of likely N-dealkylation sites (tertiary alicyclic amines) is 1. The molecule has 0 aliphatic carbocycles. The number of aryl methyl sites for hydroxylation is 1. The predicted octanol–water partition coefficient (Wildman–Crippen LogP) is 2.45. The lowest BCUT2D eigenvalue weighted by Crippen LogP contribution is -2.31. The summed E-state index contributed by atoms with van der Waals surface area (Å²) in [4.78, 5) is 19.1. The van der Waals surface area contributed by atoms with Gasteiger partial charge in [-0.2, -0.15) is 0 Å². The molecule has 5 heteroatoms. The van der Waals surface area contributed by atoms with Crippen LogP contribution in [-0.2, 0) is 17.6 Å². The Morgan fingerprint density at radius 1 is 1.35 bits per heavy atom. The Morgan fingerprint density at radius 2 is 2.13 bits per heavy atom. The molecule has 1 saturated heterocycles. The van der Waals surface area contributed by atoms with Crippen LogP contribution in [0.25, 0.3) is 0 Å². The van der Waals surface area contributed by atoms with Crippen molar-refractivity contribution in [2.75, 3.05) is 19.6 Å². The molecule has 0 bridgehead atoms. The van der Waals surface area contributed by atoms with E-state index < -0.39 is 0 Å². The highest BCUT2D eigenvalue weighted by molar-refractivity contribution is 7.09. The number of carbonyl (C=O) groups excluding carboxylic acids is 1. The summed E-state index contributed by atoms with van der Waals surface area (Å²) < 4.78 is 0. The fourth-order valence-corrected chi connectivity index (χ4v) is 4.00. The first-order valence-electron chi connectivity index (χ1n) is 8.17. The second kappa shape index (κ2) is 7.23. The summed E-state index contributed by atoms with van der Waals surface area (Å²) in [5.74, 6) is 0.838. The maximum Gasteiger partial charge on any atom is 0.228 e. The standard InChI is InChI=1S/C18H23N3OS/c1-2-17-20-15(12-23-17)8-18(22)21-10-14(9-19)16(11-21)13-6-4-3-5-7-13/h3-7,12,14,16H,2,8-11,19H2,1H3/t14-,16+/m1/s1. The lowest BCUT2D eigenvalue weighted by atomic mass is 9.89. The zero-order valence-electron chi connectivity index (χ0n) is 13.4. The lowest BCUT2D eigenvalue weighted by Gasteiger charge is -2.16. The van der Waals surface area contributed by atoms with Crippen LogP contribution in [0.2, 0.25) is 0 Å². The molecule has 1 aliphatic rings. The average molecular weight is 329 g/mol. The van der Waals surface area contributed by atoms with Crippen molar-refractivity contribution in [3.05, 3.63) is 52.0 Å². The van der Waals surface area contributed by atoms with E-state index in [1.54, 1.807) is 11.3 Å². The van der Waals surface area contributed by atoms with Gasteiger partial charge in [-0.15, -0.1) is 11.3 Å². The fraction of sp³-hybridized carbons (Fsp3) is 0.444. The molecule has 23 heavy (non-hydrogen) atoms. The minimum absolute atomic E-state index is 0.162. The summed E-state index contributed by atoms with van der Waals surface area (Å²) in [5.41, 5.74) is 8.12. The molecule has 2 heterocycles. The number of hydrogen-bond acceptors (Lipinski definition) is 4. The monoisotopic (exact) mass is 329 g/mol. The number of amides is 1. The third-order valence-electron chi connectivity index (χ3n) is 4.56. The van der Waals surface area contributed by atoms with Crippen LogP contribution in [0.4, 0.5) is 0 Å². The van der Waals surface area contributed by atoms with Gasteiger partial charge >= 0.3 is 0 Å². The van der Waals surface area contributed by atoms with Crippen LogP contribution < -0.4 is 5.73 Å². The summed E-state index contributed by atoms with van der Waals surface area (Å²) in [6, 6.07) is 10.4. The minimum Gasteiger partial charge on any atom is -0.341 e. The van der Waals surface area contributed by atoms with Gasteiger partial charge in [-0.05, 0) is 24.4 Å². The number of aromatic nitrogens is 1. The molecule has 4 nitrogen and oxygen atoms in total. The minimum atomic E-state index is 0.162. The van der Waals surface area contributed by atoms with Crippen molar-refractivity contribution >= 4 is 17.2 Å². The highest BCUT2D eigenvalue weighted by Gasteiger charge is 2.35. The van der Waals surface area contributed by atoms with Crippen molar-refractivity contribution in [1.29, 1.82) is 0 Å². The molecule has 1 aromatic heterocycles. The Hall–Kier alpha value is -1.72. The molecule has 1 amide bonds. The van der Waals surface area contributed by atoms with Crippen molar-refractivity contribution in [3.63, 3.8) is 0 Å². The molecule has 1 aromatic carbocycles. The number of thiazole rings is 1. The first-order valence-corrected chi connectivity index (χ1v) is 9.05. The van der Waals surface area contributed by atoms with Gasteiger partial charge in [0.25, 0.3) is 0 Å². The molecule has 122 valence electrons. The van der Waals surface area contributed by atoms with E-state index in [2.05, 4.69) is 36.2 Å². The smallest absolute Gasteiger partial charge is 0.228 e. The van der Waals surface area contributed by atoms with Gasteiger partial charge in [-0.3, -0.25) is 4.79 Å². The zero-order chi connectivity index (χ0) is 16.2. The van der Waals surface area contributed by atoms with E-state index in [0.29, 0.717) is 24.8 Å². The van der Waals surface area contributed by atoms with Crippen LogP contribution in [-0.4, -0.2) is 35.4 Å². The highest BCUT2D eigenvalue weighted by Crippen LogP contribution is 2.32. The highest BCUT2D eigenvalue weighted by atomic mass is 32.1. The molecular weight excluding hydrogens is 306 g/mol. The van der Waals surface area contributed by atoms with Crippen LogP contribution in [0, 0.1) is 5.92 Å². The predicted molar refractivity (Wildman–Crippen MR) is 93.5 cm³/mol. The Morgan fingerprint density at radius 3 is 2.78 bits per heavy atom. The molecule has 2 aromatic rings. The van der Waals surface area contributed by atoms with Gasteiger partial charge in [0.15, 0.2) is 0 Å². The normalized spacial score (nSPS) is 20.9. The first-order chi connectivity index (χ1) is 11.2. The Kier molecular flexibility index (Phi) is 5.08. The van der Waals surface area contributed by atoms with E-state index in [0.717, 1.165) is 30.2 Å². The largest absolute Gasteiger partial charge is 0.341 e. The first kappa shape index (κ1) is 16.1. The summed E-state index contributed by atoms with van der Waals surface area (Å²) in [6.45, 7) is 4.20. The number of benzene rings is 1. The Labute approximate surface area is 141 Å². The van der Waals surface area contributed by atoms with Gasteiger partial charge in [0.1, 0.15) is 0 Å². The maximum atomic E-state index is 12.6. The van der Waals surface area contributed by atoms with Gasteiger partial charge in [0, 0.05) is 24.4 Å². The third-order valence-corrected chi connectivity index (χ3v) is 5.60. The molecule has 3 rings (SSSR count). The molecule has 1 aliphatic heterocycles. The van der Waals surface area contributed by atoms with E-state index in [1.807, 2.05) is 16.3 Å². The number of rotatable bonds is 5. The van der Waals surface area contributed by atoms with E-state index in [4.69, 9.17) is 5.73 Å². The van der Waals surface area contributed by atoms with Gasteiger partial charge in [0.05, 0.1) is 17.1 Å². The van der Waals surface area contributed by atoms with E-state index in [1.165, 1.54) is 5.56 Å². The Bertz CT molecular complexity index is 655. The van der Waals surface area contributed by atoms with Gasteiger partial charge in [-0.25, -0.2) is 4.98 Å². The lowest BCUT2D eigenvalue weighted by molar-refractivity contribution is -0.129. The molecule has 2 N–H and O–H groups in total. The molecule has 0 spiro atoms. The SMILES string of the molecule is CCc1nc(CC(=O)N2C[C@@H](CN)[C@H](c3ccccc3)C2)cs1. The second-order valence-corrected chi connectivity index (χ2v) is 7.02. The van der Waals surface area contributed by atoms with Crippen LogP contribution in [0.1, 0.15) is 29.1 Å². The van der Waals surface area contributed by atoms with Crippen molar-refractivity contribution in [3.8, 4) is 0 Å². The second-order valence-electron chi connectivity index (χ2n) is 6.07. The average Bonchev–Trinajstić information content (AvgIpc) is 3.22.